The molecule has 84 valence electrons. The first-order chi connectivity index (χ1) is 7.66. The molecule has 2 rings (SSSR count). The number of rotatable bonds is 3. The van der Waals surface area contributed by atoms with Crippen LogP contribution in [0.5, 0.6) is 0 Å². The summed E-state index contributed by atoms with van der Waals surface area (Å²) < 4.78 is 5.12. The minimum Gasteiger partial charge on any atom is -0.463 e. The summed E-state index contributed by atoms with van der Waals surface area (Å²) in [4.78, 5) is 14.7. The van der Waals surface area contributed by atoms with E-state index in [1.54, 1.807) is 0 Å². The molecular formula is C13H15NO2. The van der Waals surface area contributed by atoms with Crippen LogP contribution in [0.2, 0.25) is 0 Å². The molecule has 0 saturated heterocycles. The largest absolute Gasteiger partial charge is 0.463 e. The second-order valence-electron chi connectivity index (χ2n) is 4.07. The minimum absolute atomic E-state index is 0.0577. The highest BCUT2D eigenvalue weighted by molar-refractivity contribution is 5.87. The number of esters is 1. The van der Waals surface area contributed by atoms with Gasteiger partial charge in [-0.3, -0.25) is 4.79 Å². The van der Waals surface area contributed by atoms with Crippen LogP contribution in [0.1, 0.15) is 19.4 Å². The number of fused-ring (bicyclic) bond motifs is 1. The standard InChI is InChI=1S/C13H15NO2/c1-9(2)16-13(15)7-10-8-14-12-6-4-3-5-11(10)12/h3-6,8-9,14H,7H2,1-2H3. The third-order valence-electron chi connectivity index (χ3n) is 2.38. The van der Waals surface area contributed by atoms with Crippen molar-refractivity contribution in [3.8, 4) is 0 Å². The Morgan fingerprint density at radius 3 is 2.88 bits per heavy atom. The molecule has 1 aromatic carbocycles. The fraction of sp³-hybridized carbons (Fsp3) is 0.308. The van der Waals surface area contributed by atoms with E-state index in [1.165, 1.54) is 0 Å². The van der Waals surface area contributed by atoms with Crippen LogP contribution in [0, 0.1) is 0 Å². The van der Waals surface area contributed by atoms with Crippen molar-refractivity contribution in [2.24, 2.45) is 0 Å². The molecule has 0 bridgehead atoms. The molecule has 3 heteroatoms. The summed E-state index contributed by atoms with van der Waals surface area (Å²) in [5, 5.41) is 1.09. The molecule has 3 nitrogen and oxygen atoms in total. The summed E-state index contributed by atoms with van der Waals surface area (Å²) in [6.07, 6.45) is 2.13. The van der Waals surface area contributed by atoms with Crippen molar-refractivity contribution >= 4 is 16.9 Å². The van der Waals surface area contributed by atoms with Gasteiger partial charge < -0.3 is 9.72 Å². The number of benzene rings is 1. The predicted molar refractivity (Wildman–Crippen MR) is 63.2 cm³/mol. The van der Waals surface area contributed by atoms with Crippen LogP contribution >= 0.6 is 0 Å². The van der Waals surface area contributed by atoms with E-state index in [4.69, 9.17) is 4.74 Å². The van der Waals surface area contributed by atoms with Gasteiger partial charge in [-0.15, -0.1) is 0 Å². The number of para-hydroxylation sites is 1. The summed E-state index contributed by atoms with van der Waals surface area (Å²) in [5.41, 5.74) is 2.04. The van der Waals surface area contributed by atoms with Gasteiger partial charge in [-0.1, -0.05) is 18.2 Å². The molecule has 0 aliphatic carbocycles. The van der Waals surface area contributed by atoms with Crippen molar-refractivity contribution in [2.75, 3.05) is 0 Å². The van der Waals surface area contributed by atoms with E-state index in [0.29, 0.717) is 6.42 Å². The molecule has 0 aliphatic rings. The van der Waals surface area contributed by atoms with E-state index in [1.807, 2.05) is 44.3 Å². The second kappa shape index (κ2) is 4.39. The predicted octanol–water partition coefficient (Wildman–Crippen LogP) is 2.66. The molecule has 0 spiro atoms. The van der Waals surface area contributed by atoms with Crippen LogP contribution in [0.3, 0.4) is 0 Å². The van der Waals surface area contributed by atoms with E-state index >= 15 is 0 Å². The molecule has 0 saturated carbocycles. The SMILES string of the molecule is CC(C)OC(=O)Cc1c[nH]c2ccccc12. The number of H-pyrrole nitrogens is 1. The average Bonchev–Trinajstić information content (AvgIpc) is 2.61. The van der Waals surface area contributed by atoms with Gasteiger partial charge in [0, 0.05) is 17.1 Å². The molecule has 1 heterocycles. The van der Waals surface area contributed by atoms with E-state index in [9.17, 15) is 4.79 Å². The lowest BCUT2D eigenvalue weighted by molar-refractivity contribution is -0.146. The fourth-order valence-corrected chi connectivity index (χ4v) is 1.74. The van der Waals surface area contributed by atoms with Crippen LogP contribution in [0.15, 0.2) is 30.5 Å². The number of hydrogen-bond donors (Lipinski definition) is 1. The van der Waals surface area contributed by atoms with Gasteiger partial charge in [0.2, 0.25) is 0 Å². The molecule has 16 heavy (non-hydrogen) atoms. The van der Waals surface area contributed by atoms with E-state index in [0.717, 1.165) is 16.5 Å². The zero-order valence-electron chi connectivity index (χ0n) is 9.49. The Morgan fingerprint density at radius 2 is 2.12 bits per heavy atom. The minimum atomic E-state index is -0.181. The van der Waals surface area contributed by atoms with Crippen LogP contribution < -0.4 is 0 Å². The molecule has 0 atom stereocenters. The van der Waals surface area contributed by atoms with Gasteiger partial charge in [-0.2, -0.15) is 0 Å². The monoisotopic (exact) mass is 217 g/mol. The molecule has 1 N–H and O–H groups in total. The molecule has 0 fully saturated rings. The van der Waals surface area contributed by atoms with Crippen molar-refractivity contribution in [1.82, 2.24) is 4.98 Å². The molecule has 0 unspecified atom stereocenters. The maximum absolute atomic E-state index is 11.5. The van der Waals surface area contributed by atoms with Crippen molar-refractivity contribution in [3.05, 3.63) is 36.0 Å². The lowest BCUT2D eigenvalue weighted by atomic mass is 10.1. The molecule has 0 aliphatic heterocycles. The fourth-order valence-electron chi connectivity index (χ4n) is 1.74. The molecule has 1 aromatic heterocycles. The number of hydrogen-bond acceptors (Lipinski definition) is 2. The van der Waals surface area contributed by atoms with Crippen molar-refractivity contribution in [3.63, 3.8) is 0 Å². The van der Waals surface area contributed by atoms with Crippen LogP contribution in [0.4, 0.5) is 0 Å². The van der Waals surface area contributed by atoms with Gasteiger partial charge in [-0.25, -0.2) is 0 Å². The van der Waals surface area contributed by atoms with E-state index < -0.39 is 0 Å². The number of aromatic nitrogens is 1. The van der Waals surface area contributed by atoms with Crippen molar-refractivity contribution in [1.29, 1.82) is 0 Å². The number of carbonyl (C=O) groups is 1. The number of carbonyl (C=O) groups excluding carboxylic acids is 1. The topological polar surface area (TPSA) is 42.1 Å². The summed E-state index contributed by atoms with van der Waals surface area (Å²) in [5.74, 6) is -0.181. The number of aromatic amines is 1. The first-order valence-electron chi connectivity index (χ1n) is 5.41. The maximum atomic E-state index is 11.5. The van der Waals surface area contributed by atoms with Crippen molar-refractivity contribution < 1.29 is 9.53 Å². The van der Waals surface area contributed by atoms with Gasteiger partial charge in [0.15, 0.2) is 0 Å². The maximum Gasteiger partial charge on any atom is 0.310 e. The zero-order valence-corrected chi connectivity index (χ0v) is 9.49. The van der Waals surface area contributed by atoms with E-state index in [2.05, 4.69) is 4.98 Å². The van der Waals surface area contributed by atoms with Gasteiger partial charge in [-0.05, 0) is 25.5 Å². The first kappa shape index (κ1) is 10.7. The highest BCUT2D eigenvalue weighted by Crippen LogP contribution is 2.18. The van der Waals surface area contributed by atoms with Gasteiger partial charge in [0.1, 0.15) is 0 Å². The first-order valence-corrected chi connectivity index (χ1v) is 5.41. The Labute approximate surface area is 94.4 Å². The molecule has 0 radical (unpaired) electrons. The lowest BCUT2D eigenvalue weighted by Crippen LogP contribution is -2.13. The van der Waals surface area contributed by atoms with Gasteiger partial charge >= 0.3 is 5.97 Å². The van der Waals surface area contributed by atoms with Crippen LogP contribution in [-0.4, -0.2) is 17.1 Å². The second-order valence-corrected chi connectivity index (χ2v) is 4.07. The smallest absolute Gasteiger partial charge is 0.310 e. The summed E-state index contributed by atoms with van der Waals surface area (Å²) in [6.45, 7) is 3.71. The zero-order chi connectivity index (χ0) is 11.5. The number of nitrogens with one attached hydrogen (secondary N) is 1. The quantitative estimate of drug-likeness (QED) is 0.803. The molecular weight excluding hydrogens is 202 g/mol. The normalized spacial score (nSPS) is 10.9. The number of ether oxygens (including phenoxy) is 1. The van der Waals surface area contributed by atoms with Gasteiger partial charge in [0.05, 0.1) is 12.5 Å². The Bertz CT molecular complexity index is 499. The van der Waals surface area contributed by atoms with E-state index in [-0.39, 0.29) is 12.1 Å². The Kier molecular flexibility index (Phi) is 2.95. The Balaban J connectivity index is 2.18. The Morgan fingerprint density at radius 1 is 1.38 bits per heavy atom. The highest BCUT2D eigenvalue weighted by atomic mass is 16.5. The summed E-state index contributed by atoms with van der Waals surface area (Å²) in [6, 6.07) is 7.93. The average molecular weight is 217 g/mol. The molecule has 0 amide bonds. The Hall–Kier alpha value is -1.77. The lowest BCUT2D eigenvalue weighted by Gasteiger charge is -2.06. The van der Waals surface area contributed by atoms with Crippen molar-refractivity contribution in [2.45, 2.75) is 26.4 Å². The van der Waals surface area contributed by atoms with Crippen LogP contribution in [0.25, 0.3) is 10.9 Å². The summed E-state index contributed by atoms with van der Waals surface area (Å²) >= 11 is 0. The summed E-state index contributed by atoms with van der Waals surface area (Å²) in [7, 11) is 0. The molecule has 2 aromatic rings. The third-order valence-corrected chi connectivity index (χ3v) is 2.38. The third kappa shape index (κ3) is 2.24. The van der Waals surface area contributed by atoms with Gasteiger partial charge in [0.25, 0.3) is 0 Å². The van der Waals surface area contributed by atoms with Crippen LogP contribution in [-0.2, 0) is 16.0 Å². The highest BCUT2D eigenvalue weighted by Gasteiger charge is 2.10.